The molecule has 5 heteroatoms. The molecule has 0 saturated heterocycles. The van der Waals surface area contributed by atoms with Crippen LogP contribution in [0.3, 0.4) is 0 Å². The summed E-state index contributed by atoms with van der Waals surface area (Å²) in [6.45, 7) is 0. The first-order chi connectivity index (χ1) is 6.61. The number of halogens is 2. The average molecular weight is 323 g/mol. The van der Waals surface area contributed by atoms with Gasteiger partial charge in [-0.25, -0.2) is 0 Å². The maximum Gasteiger partial charge on any atom is 0.303 e. The summed E-state index contributed by atoms with van der Waals surface area (Å²) in [5, 5.41) is 9.19. The molecule has 0 unspecified atom stereocenters. The first-order valence-corrected chi connectivity index (χ1v) is 5.96. The van der Waals surface area contributed by atoms with E-state index in [1.807, 2.05) is 12.1 Å². The molecule has 14 heavy (non-hydrogen) atoms. The standard InChI is InChI=1S/C9H9Br2NO2/c10-5-8-4-6(11)3-7(12-8)1-2-9(13)14/h3-4H,1-2,5H2,(H,13,14). The van der Waals surface area contributed by atoms with E-state index in [0.717, 1.165) is 15.9 Å². The Morgan fingerprint density at radius 3 is 2.64 bits per heavy atom. The Morgan fingerprint density at radius 2 is 2.07 bits per heavy atom. The zero-order valence-electron chi connectivity index (χ0n) is 7.33. The van der Waals surface area contributed by atoms with Gasteiger partial charge in [-0.1, -0.05) is 31.9 Å². The van der Waals surface area contributed by atoms with Crippen LogP contribution in [-0.2, 0) is 16.5 Å². The molecule has 1 aromatic rings. The van der Waals surface area contributed by atoms with Gasteiger partial charge in [0, 0.05) is 21.9 Å². The number of carbonyl (C=O) groups is 1. The van der Waals surface area contributed by atoms with Gasteiger partial charge in [-0.3, -0.25) is 9.78 Å². The maximum absolute atomic E-state index is 10.4. The average Bonchev–Trinajstić information content (AvgIpc) is 2.14. The number of alkyl halides is 1. The molecule has 1 rings (SSSR count). The fraction of sp³-hybridized carbons (Fsp3) is 0.333. The van der Waals surface area contributed by atoms with Gasteiger partial charge in [0.15, 0.2) is 0 Å². The number of carboxylic acids is 1. The second-order valence-electron chi connectivity index (χ2n) is 2.80. The van der Waals surface area contributed by atoms with Crippen molar-refractivity contribution >= 4 is 37.8 Å². The highest BCUT2D eigenvalue weighted by Gasteiger charge is 2.03. The molecule has 0 aromatic carbocycles. The minimum Gasteiger partial charge on any atom is -0.481 e. The van der Waals surface area contributed by atoms with Crippen LogP contribution in [0, 0.1) is 0 Å². The molecule has 0 aliphatic heterocycles. The first kappa shape index (κ1) is 11.7. The molecule has 1 heterocycles. The predicted molar refractivity (Wildman–Crippen MR) is 60.5 cm³/mol. The summed E-state index contributed by atoms with van der Waals surface area (Å²) >= 11 is 6.66. The van der Waals surface area contributed by atoms with Crippen LogP contribution in [-0.4, -0.2) is 16.1 Å². The Labute approximate surface area is 98.8 Å². The van der Waals surface area contributed by atoms with E-state index in [1.165, 1.54) is 0 Å². The first-order valence-electron chi connectivity index (χ1n) is 4.05. The highest BCUT2D eigenvalue weighted by molar-refractivity contribution is 9.10. The molecule has 0 amide bonds. The van der Waals surface area contributed by atoms with E-state index in [4.69, 9.17) is 5.11 Å². The Morgan fingerprint density at radius 1 is 1.43 bits per heavy atom. The highest BCUT2D eigenvalue weighted by Crippen LogP contribution is 2.15. The van der Waals surface area contributed by atoms with E-state index in [1.54, 1.807) is 0 Å². The molecule has 76 valence electrons. The van der Waals surface area contributed by atoms with Gasteiger partial charge in [0.1, 0.15) is 0 Å². The summed E-state index contributed by atoms with van der Waals surface area (Å²) in [5.74, 6) is -0.799. The fourth-order valence-electron chi connectivity index (χ4n) is 1.04. The molecule has 0 aliphatic carbocycles. The molecule has 1 aromatic heterocycles. The quantitative estimate of drug-likeness (QED) is 0.867. The van der Waals surface area contributed by atoms with Crippen molar-refractivity contribution < 1.29 is 9.90 Å². The van der Waals surface area contributed by atoms with Gasteiger partial charge >= 0.3 is 5.97 Å². The van der Waals surface area contributed by atoms with Crippen LogP contribution in [0.25, 0.3) is 0 Å². The molecule has 0 spiro atoms. The number of pyridine rings is 1. The number of nitrogens with zero attached hydrogens (tertiary/aromatic N) is 1. The molecule has 0 saturated carbocycles. The molecule has 0 radical (unpaired) electrons. The van der Waals surface area contributed by atoms with Crippen LogP contribution < -0.4 is 0 Å². The van der Waals surface area contributed by atoms with E-state index >= 15 is 0 Å². The van der Waals surface area contributed by atoms with E-state index in [0.29, 0.717) is 11.8 Å². The van der Waals surface area contributed by atoms with Crippen molar-refractivity contribution in [3.05, 3.63) is 28.0 Å². The van der Waals surface area contributed by atoms with Crippen LogP contribution in [0.5, 0.6) is 0 Å². The minimum absolute atomic E-state index is 0.116. The molecule has 1 N–H and O–H groups in total. The second-order valence-corrected chi connectivity index (χ2v) is 4.27. The normalized spacial score (nSPS) is 10.1. The number of rotatable bonds is 4. The third kappa shape index (κ3) is 3.75. The Hall–Kier alpha value is -0.420. The van der Waals surface area contributed by atoms with Crippen LogP contribution in [0.15, 0.2) is 16.6 Å². The van der Waals surface area contributed by atoms with Crippen molar-refractivity contribution in [2.24, 2.45) is 0 Å². The Balaban J connectivity index is 2.76. The molecular formula is C9H9Br2NO2. The lowest BCUT2D eigenvalue weighted by molar-refractivity contribution is -0.136. The van der Waals surface area contributed by atoms with Crippen LogP contribution >= 0.6 is 31.9 Å². The molecule has 3 nitrogen and oxygen atoms in total. The number of carboxylic acid groups (broad SMARTS) is 1. The number of hydrogen-bond acceptors (Lipinski definition) is 2. The lowest BCUT2D eigenvalue weighted by Crippen LogP contribution is -2.00. The molecule has 0 bridgehead atoms. The molecule has 0 atom stereocenters. The maximum atomic E-state index is 10.4. The van der Waals surface area contributed by atoms with Gasteiger partial charge in [-0.2, -0.15) is 0 Å². The van der Waals surface area contributed by atoms with E-state index < -0.39 is 5.97 Å². The number of aromatic nitrogens is 1. The van der Waals surface area contributed by atoms with Crippen molar-refractivity contribution in [3.63, 3.8) is 0 Å². The zero-order valence-corrected chi connectivity index (χ0v) is 10.5. The third-order valence-electron chi connectivity index (χ3n) is 1.63. The SMILES string of the molecule is O=C(O)CCc1cc(Br)cc(CBr)n1. The number of aryl methyl sites for hydroxylation is 1. The summed E-state index contributed by atoms with van der Waals surface area (Å²) in [6.07, 6.45) is 0.583. The summed E-state index contributed by atoms with van der Waals surface area (Å²) in [6, 6.07) is 3.74. The van der Waals surface area contributed by atoms with Crippen molar-refractivity contribution in [2.45, 2.75) is 18.2 Å². The van der Waals surface area contributed by atoms with Crippen molar-refractivity contribution in [3.8, 4) is 0 Å². The van der Waals surface area contributed by atoms with Crippen LogP contribution in [0.4, 0.5) is 0 Å². The Kier molecular flexibility index (Phi) is 4.54. The topological polar surface area (TPSA) is 50.2 Å². The van der Waals surface area contributed by atoms with Gasteiger partial charge in [0.2, 0.25) is 0 Å². The number of hydrogen-bond donors (Lipinski definition) is 1. The van der Waals surface area contributed by atoms with E-state index in [-0.39, 0.29) is 6.42 Å². The smallest absolute Gasteiger partial charge is 0.303 e. The van der Waals surface area contributed by atoms with E-state index in [2.05, 4.69) is 36.8 Å². The lowest BCUT2D eigenvalue weighted by atomic mass is 10.2. The monoisotopic (exact) mass is 321 g/mol. The van der Waals surface area contributed by atoms with Crippen LogP contribution in [0.1, 0.15) is 17.8 Å². The van der Waals surface area contributed by atoms with Gasteiger partial charge in [0.05, 0.1) is 12.1 Å². The van der Waals surface area contributed by atoms with Gasteiger partial charge < -0.3 is 5.11 Å². The van der Waals surface area contributed by atoms with Crippen LogP contribution in [0.2, 0.25) is 0 Å². The fourth-order valence-corrected chi connectivity index (χ4v) is 1.86. The van der Waals surface area contributed by atoms with Crippen molar-refractivity contribution in [1.29, 1.82) is 0 Å². The van der Waals surface area contributed by atoms with Crippen molar-refractivity contribution in [2.75, 3.05) is 0 Å². The highest BCUT2D eigenvalue weighted by atomic mass is 79.9. The summed E-state index contributed by atoms with van der Waals surface area (Å²) < 4.78 is 0.933. The lowest BCUT2D eigenvalue weighted by Gasteiger charge is -2.02. The molecule has 0 aliphatic rings. The van der Waals surface area contributed by atoms with Gasteiger partial charge in [-0.05, 0) is 12.1 Å². The molecule has 0 fully saturated rings. The third-order valence-corrected chi connectivity index (χ3v) is 2.66. The van der Waals surface area contributed by atoms with Crippen molar-refractivity contribution in [1.82, 2.24) is 4.98 Å². The number of aliphatic carboxylic acids is 1. The summed E-state index contributed by atoms with van der Waals surface area (Å²) in [4.78, 5) is 14.6. The Bertz CT molecular complexity index is 342. The largest absolute Gasteiger partial charge is 0.481 e. The summed E-state index contributed by atoms with van der Waals surface area (Å²) in [7, 11) is 0. The van der Waals surface area contributed by atoms with E-state index in [9.17, 15) is 4.79 Å². The van der Waals surface area contributed by atoms with Gasteiger partial charge in [0.25, 0.3) is 0 Å². The molecular weight excluding hydrogens is 314 g/mol. The summed E-state index contributed by atoms with van der Waals surface area (Å²) in [5.41, 5.74) is 1.70. The van der Waals surface area contributed by atoms with Gasteiger partial charge in [-0.15, -0.1) is 0 Å². The predicted octanol–water partition coefficient (Wildman–Crippen LogP) is 2.76. The minimum atomic E-state index is -0.799. The zero-order chi connectivity index (χ0) is 10.6. The second kappa shape index (κ2) is 5.46.